The lowest BCUT2D eigenvalue weighted by Gasteiger charge is -2.38. The first kappa shape index (κ1) is 25.0. The lowest BCUT2D eigenvalue weighted by molar-refractivity contribution is -0.118. The van der Waals surface area contributed by atoms with Gasteiger partial charge in [0.1, 0.15) is 23.8 Å². The minimum Gasteiger partial charge on any atom is -0.485 e. The predicted octanol–water partition coefficient (Wildman–Crippen LogP) is 6.72. The van der Waals surface area contributed by atoms with Gasteiger partial charge in [-0.15, -0.1) is 0 Å². The number of allylic oxidation sites excluding steroid dienone is 2. The quantitative estimate of drug-likeness (QED) is 0.393. The van der Waals surface area contributed by atoms with Gasteiger partial charge in [0, 0.05) is 22.1 Å². The monoisotopic (exact) mass is 536 g/mol. The Balaban J connectivity index is 2.00. The summed E-state index contributed by atoms with van der Waals surface area (Å²) >= 11 is 4.65. The molecule has 0 N–H and O–H groups in total. The number of para-hydroxylation sites is 1. The van der Waals surface area contributed by atoms with Crippen LogP contribution in [0, 0.1) is 5.82 Å². The fraction of sp³-hybridized carbons (Fsp3) is 0.250. The summed E-state index contributed by atoms with van der Waals surface area (Å²) in [4.78, 5) is 27.9. The number of Topliss-reactive ketones (excluding diaryl/α,β-unsaturated/α-hetero) is 1. The van der Waals surface area contributed by atoms with Crippen LogP contribution in [0.1, 0.15) is 20.8 Å². The molecule has 5 nitrogen and oxygen atoms in total. The van der Waals surface area contributed by atoms with Crippen molar-refractivity contribution in [2.75, 3.05) is 18.6 Å². The van der Waals surface area contributed by atoms with Crippen molar-refractivity contribution >= 4 is 45.2 Å². The van der Waals surface area contributed by atoms with E-state index < -0.39 is 17.5 Å². The summed E-state index contributed by atoms with van der Waals surface area (Å²) < 4.78 is 35.6. The third kappa shape index (κ3) is 5.47. The summed E-state index contributed by atoms with van der Waals surface area (Å²) in [6, 6.07) is 9.31. The van der Waals surface area contributed by atoms with Gasteiger partial charge in [-0.05, 0) is 67.0 Å². The molecule has 1 aliphatic rings. The molecule has 9 heteroatoms. The minimum absolute atomic E-state index is 0.0170. The van der Waals surface area contributed by atoms with E-state index in [1.807, 2.05) is 12.1 Å². The summed E-state index contributed by atoms with van der Waals surface area (Å²) in [5.41, 5.74) is -1.50. The van der Waals surface area contributed by atoms with Crippen molar-refractivity contribution in [2.45, 2.75) is 36.2 Å². The number of nitrogens with zero attached hydrogens (tertiary/aromatic N) is 2. The van der Waals surface area contributed by atoms with E-state index in [4.69, 9.17) is 4.74 Å². The molecule has 174 valence electrons. The fourth-order valence-electron chi connectivity index (χ4n) is 3.24. The van der Waals surface area contributed by atoms with Gasteiger partial charge in [-0.25, -0.2) is 13.6 Å². The van der Waals surface area contributed by atoms with Gasteiger partial charge in [-0.1, -0.05) is 30.5 Å². The third-order valence-corrected chi connectivity index (χ3v) is 6.81. The van der Waals surface area contributed by atoms with Crippen LogP contribution in [0.3, 0.4) is 0 Å². The van der Waals surface area contributed by atoms with Crippen LogP contribution in [0.25, 0.3) is 0 Å². The van der Waals surface area contributed by atoms with Crippen molar-refractivity contribution in [1.29, 1.82) is 0 Å². The molecule has 0 radical (unpaired) electrons. The number of carbonyl (C=O) groups is 2. The Bertz CT molecular complexity index is 1160. The summed E-state index contributed by atoms with van der Waals surface area (Å²) in [6.45, 7) is 7.89. The normalized spacial score (nSPS) is 14.5. The Hall–Kier alpha value is -2.65. The average molecular weight is 537 g/mol. The molecule has 3 rings (SSSR count). The van der Waals surface area contributed by atoms with Crippen molar-refractivity contribution in [2.24, 2.45) is 0 Å². The molecule has 2 amide bonds. The van der Waals surface area contributed by atoms with Crippen LogP contribution < -0.4 is 9.64 Å². The van der Waals surface area contributed by atoms with Crippen LogP contribution in [-0.2, 0) is 4.79 Å². The molecule has 0 aliphatic carbocycles. The van der Waals surface area contributed by atoms with Crippen molar-refractivity contribution < 1.29 is 23.1 Å². The molecule has 0 spiro atoms. The number of rotatable bonds is 7. The van der Waals surface area contributed by atoms with Gasteiger partial charge in [0.05, 0.1) is 16.3 Å². The Kier molecular flexibility index (Phi) is 7.33. The third-order valence-electron chi connectivity index (χ3n) is 4.78. The zero-order valence-electron chi connectivity index (χ0n) is 18.6. The van der Waals surface area contributed by atoms with Crippen LogP contribution in [0.4, 0.5) is 19.3 Å². The van der Waals surface area contributed by atoms with E-state index in [2.05, 4.69) is 22.5 Å². The van der Waals surface area contributed by atoms with E-state index in [9.17, 15) is 18.4 Å². The number of alkyl halides is 1. The number of ether oxygens (including phenoxy) is 1. The lowest BCUT2D eigenvalue weighted by Crippen LogP contribution is -2.47. The second kappa shape index (κ2) is 9.69. The van der Waals surface area contributed by atoms with Gasteiger partial charge in [0.2, 0.25) is 0 Å². The number of urea groups is 1. The molecule has 0 atom stereocenters. The highest BCUT2D eigenvalue weighted by Crippen LogP contribution is 2.42. The maximum absolute atomic E-state index is 15.0. The van der Waals surface area contributed by atoms with Gasteiger partial charge in [-0.3, -0.25) is 14.6 Å². The Morgan fingerprint density at radius 3 is 2.55 bits per heavy atom. The molecule has 2 aromatic carbocycles. The van der Waals surface area contributed by atoms with Crippen LogP contribution in [-0.4, -0.2) is 36.0 Å². The molecule has 0 saturated carbocycles. The maximum Gasteiger partial charge on any atom is 0.333 e. The SMILES string of the molecule is C=C1C=C(C(C)(C)F)N(C)C(=O)N1c1cc(Sc2ccccc2OCC(C)=O)c(Br)cc1F. The van der Waals surface area contributed by atoms with E-state index in [0.717, 1.165) is 9.80 Å². The molecule has 1 aliphatic heterocycles. The van der Waals surface area contributed by atoms with E-state index in [1.165, 1.54) is 57.8 Å². The molecule has 0 bridgehead atoms. The van der Waals surface area contributed by atoms with Crippen LogP contribution in [0.5, 0.6) is 5.75 Å². The van der Waals surface area contributed by atoms with Crippen molar-refractivity contribution in [3.8, 4) is 5.75 Å². The van der Waals surface area contributed by atoms with Gasteiger partial charge >= 0.3 is 6.03 Å². The molecular weight excluding hydrogens is 514 g/mol. The van der Waals surface area contributed by atoms with Crippen LogP contribution in [0.2, 0.25) is 0 Å². The highest BCUT2D eigenvalue weighted by Gasteiger charge is 2.37. The van der Waals surface area contributed by atoms with Gasteiger partial charge in [0.15, 0.2) is 5.78 Å². The summed E-state index contributed by atoms with van der Waals surface area (Å²) in [6.07, 6.45) is 1.43. The summed E-state index contributed by atoms with van der Waals surface area (Å²) in [5, 5.41) is 0. The number of benzene rings is 2. The van der Waals surface area contributed by atoms with Gasteiger partial charge in [0.25, 0.3) is 0 Å². The Morgan fingerprint density at radius 2 is 1.91 bits per heavy atom. The molecule has 0 fully saturated rings. The van der Waals surface area contributed by atoms with Gasteiger partial charge < -0.3 is 4.74 Å². The highest BCUT2D eigenvalue weighted by molar-refractivity contribution is 9.10. The van der Waals surface area contributed by atoms with Gasteiger partial charge in [-0.2, -0.15) is 0 Å². The zero-order valence-corrected chi connectivity index (χ0v) is 21.0. The second-order valence-corrected chi connectivity index (χ2v) is 9.88. The van der Waals surface area contributed by atoms with Crippen LogP contribution in [0.15, 0.2) is 74.7 Å². The number of hydrogen-bond donors (Lipinski definition) is 0. The number of ketones is 1. The first-order valence-corrected chi connectivity index (χ1v) is 11.6. The first-order chi connectivity index (χ1) is 15.4. The summed E-state index contributed by atoms with van der Waals surface area (Å²) in [7, 11) is 1.43. The largest absolute Gasteiger partial charge is 0.485 e. The summed E-state index contributed by atoms with van der Waals surface area (Å²) in [5.74, 6) is -0.256. The fourth-order valence-corrected chi connectivity index (χ4v) is 4.74. The van der Waals surface area contributed by atoms with Crippen molar-refractivity contribution in [3.63, 3.8) is 0 Å². The lowest BCUT2D eigenvalue weighted by atomic mass is 10.0. The van der Waals surface area contributed by atoms with Crippen molar-refractivity contribution in [1.82, 2.24) is 4.90 Å². The van der Waals surface area contributed by atoms with E-state index in [0.29, 0.717) is 20.0 Å². The molecular formula is C24H23BrF2N2O3S. The van der Waals surface area contributed by atoms with Crippen LogP contribution >= 0.6 is 27.7 Å². The predicted molar refractivity (Wildman–Crippen MR) is 129 cm³/mol. The standard InChI is InChI=1S/C24H23BrF2N2O3S/c1-14-10-22(24(3,4)27)28(5)23(31)29(14)18-12-21(16(25)11-17(18)26)33-20-9-7-6-8-19(20)32-13-15(2)30/h6-12H,1,13H2,2-5H3. The Labute approximate surface area is 204 Å². The number of amides is 2. The van der Waals surface area contributed by atoms with Crippen molar-refractivity contribution in [3.05, 3.63) is 70.7 Å². The minimum atomic E-state index is -1.78. The molecule has 33 heavy (non-hydrogen) atoms. The molecule has 0 unspecified atom stereocenters. The molecule has 2 aromatic rings. The average Bonchev–Trinajstić information content (AvgIpc) is 2.72. The highest BCUT2D eigenvalue weighted by atomic mass is 79.9. The first-order valence-electron chi connectivity index (χ1n) is 9.96. The number of hydrogen-bond acceptors (Lipinski definition) is 4. The molecule has 0 aromatic heterocycles. The molecule has 0 saturated heterocycles. The topological polar surface area (TPSA) is 49.9 Å². The van der Waals surface area contributed by atoms with E-state index in [-0.39, 0.29) is 29.5 Å². The second-order valence-electron chi connectivity index (χ2n) is 7.94. The number of halogens is 3. The zero-order chi connectivity index (χ0) is 24.5. The van der Waals surface area contributed by atoms with E-state index in [1.54, 1.807) is 12.1 Å². The smallest absolute Gasteiger partial charge is 0.333 e. The van der Waals surface area contributed by atoms with E-state index >= 15 is 0 Å². The Morgan fingerprint density at radius 1 is 1.24 bits per heavy atom. The maximum atomic E-state index is 15.0. The molecule has 1 heterocycles. The number of carbonyl (C=O) groups excluding carboxylic acids is 2. The number of anilines is 1.